The van der Waals surface area contributed by atoms with Gasteiger partial charge in [-0.3, -0.25) is 9.69 Å². The lowest BCUT2D eigenvalue weighted by atomic mass is 10.1. The Labute approximate surface area is 105 Å². The summed E-state index contributed by atoms with van der Waals surface area (Å²) in [5.41, 5.74) is 5.81. The highest BCUT2D eigenvalue weighted by molar-refractivity contribution is 6.32. The number of carbonyl (C=O) groups excluding carboxylic acids is 1. The molecule has 1 saturated heterocycles. The van der Waals surface area contributed by atoms with Crippen LogP contribution in [0.25, 0.3) is 0 Å². The van der Waals surface area contributed by atoms with Crippen LogP contribution in [-0.2, 0) is 0 Å². The van der Waals surface area contributed by atoms with Gasteiger partial charge in [-0.15, -0.1) is 0 Å². The molecule has 0 atom stereocenters. The lowest BCUT2D eigenvalue weighted by Gasteiger charge is -2.36. The maximum Gasteiger partial charge on any atom is 0.176 e. The molecule has 2 rings (SSSR count). The number of rotatable bonds is 4. The number of nitrogens with zero attached hydrogens (tertiary/aromatic N) is 1. The summed E-state index contributed by atoms with van der Waals surface area (Å²) in [6.45, 7) is 1.80. The molecule has 0 unspecified atom stereocenters. The second-order valence-electron chi connectivity index (χ2n) is 4.23. The van der Waals surface area contributed by atoms with Crippen molar-refractivity contribution in [3.8, 4) is 5.75 Å². The van der Waals surface area contributed by atoms with Crippen molar-refractivity contribution in [3.05, 3.63) is 28.8 Å². The molecule has 0 aliphatic carbocycles. The predicted molar refractivity (Wildman–Crippen MR) is 66.7 cm³/mol. The molecule has 1 aliphatic rings. The highest BCUT2D eigenvalue weighted by Gasteiger charge is 2.25. The van der Waals surface area contributed by atoms with E-state index in [0.717, 1.165) is 13.1 Å². The van der Waals surface area contributed by atoms with Gasteiger partial charge in [0.25, 0.3) is 0 Å². The van der Waals surface area contributed by atoms with Crippen LogP contribution in [0.15, 0.2) is 18.2 Å². The average Bonchev–Trinajstić information content (AvgIpc) is 2.28. The third-order valence-corrected chi connectivity index (χ3v) is 3.06. The molecule has 2 N–H and O–H groups in total. The SMILES string of the molecule is CN1CC(Oc2ccc(C(=O)CN)cc2Cl)C1. The van der Waals surface area contributed by atoms with Gasteiger partial charge in [-0.1, -0.05) is 11.6 Å². The highest BCUT2D eigenvalue weighted by Crippen LogP contribution is 2.27. The number of ketones is 1. The van der Waals surface area contributed by atoms with Gasteiger partial charge in [0.2, 0.25) is 0 Å². The zero-order valence-electron chi connectivity index (χ0n) is 9.65. The molecule has 0 aromatic heterocycles. The smallest absolute Gasteiger partial charge is 0.176 e. The van der Waals surface area contributed by atoms with E-state index >= 15 is 0 Å². The number of likely N-dealkylation sites (N-methyl/N-ethyl adjacent to an activating group) is 1. The summed E-state index contributed by atoms with van der Waals surface area (Å²) in [5.74, 6) is 0.500. The molecule has 5 heteroatoms. The van der Waals surface area contributed by atoms with E-state index in [4.69, 9.17) is 22.1 Å². The van der Waals surface area contributed by atoms with Gasteiger partial charge in [0.05, 0.1) is 11.6 Å². The van der Waals surface area contributed by atoms with E-state index < -0.39 is 0 Å². The first-order valence-corrected chi connectivity index (χ1v) is 5.86. The summed E-state index contributed by atoms with van der Waals surface area (Å²) in [4.78, 5) is 13.5. The van der Waals surface area contributed by atoms with Crippen LogP contribution < -0.4 is 10.5 Å². The fourth-order valence-electron chi connectivity index (χ4n) is 1.78. The van der Waals surface area contributed by atoms with Crippen LogP contribution in [0, 0.1) is 0 Å². The van der Waals surface area contributed by atoms with Crippen LogP contribution in [0.2, 0.25) is 5.02 Å². The molecule has 0 radical (unpaired) electrons. The molecule has 1 fully saturated rings. The molecule has 0 saturated carbocycles. The van der Waals surface area contributed by atoms with Gasteiger partial charge in [0.1, 0.15) is 11.9 Å². The highest BCUT2D eigenvalue weighted by atomic mass is 35.5. The van der Waals surface area contributed by atoms with Gasteiger partial charge in [0.15, 0.2) is 5.78 Å². The van der Waals surface area contributed by atoms with Gasteiger partial charge in [-0.2, -0.15) is 0 Å². The minimum atomic E-state index is -0.123. The summed E-state index contributed by atoms with van der Waals surface area (Å²) in [5, 5.41) is 0.457. The Balaban J connectivity index is 2.06. The first-order valence-electron chi connectivity index (χ1n) is 5.48. The van der Waals surface area contributed by atoms with E-state index in [0.29, 0.717) is 16.3 Å². The minimum Gasteiger partial charge on any atom is -0.486 e. The average molecular weight is 255 g/mol. The maximum absolute atomic E-state index is 11.4. The second-order valence-corrected chi connectivity index (χ2v) is 4.64. The van der Waals surface area contributed by atoms with E-state index in [1.165, 1.54) is 0 Å². The fourth-order valence-corrected chi connectivity index (χ4v) is 2.01. The van der Waals surface area contributed by atoms with Crippen molar-refractivity contribution < 1.29 is 9.53 Å². The quantitative estimate of drug-likeness (QED) is 0.820. The molecule has 1 aromatic carbocycles. The Morgan fingerprint density at radius 2 is 2.29 bits per heavy atom. The number of hydrogen-bond acceptors (Lipinski definition) is 4. The van der Waals surface area contributed by atoms with Crippen molar-refractivity contribution in [2.75, 3.05) is 26.7 Å². The number of benzene rings is 1. The number of Topliss-reactive ketones (excluding diaryl/α,β-unsaturated/α-hetero) is 1. The first-order chi connectivity index (χ1) is 8.10. The Bertz CT molecular complexity index is 431. The van der Waals surface area contributed by atoms with Gasteiger partial charge in [0, 0.05) is 18.7 Å². The third-order valence-electron chi connectivity index (χ3n) is 2.76. The molecule has 1 aliphatic heterocycles. The maximum atomic E-state index is 11.4. The van der Waals surface area contributed by atoms with E-state index in [1.807, 2.05) is 7.05 Å². The van der Waals surface area contributed by atoms with Crippen LogP contribution in [-0.4, -0.2) is 43.5 Å². The third kappa shape index (κ3) is 2.77. The van der Waals surface area contributed by atoms with Gasteiger partial charge >= 0.3 is 0 Å². The standard InChI is InChI=1S/C12H15ClN2O2/c1-15-6-9(7-15)17-12-3-2-8(4-10(12)13)11(16)5-14/h2-4,9H,5-7,14H2,1H3. The van der Waals surface area contributed by atoms with Crippen molar-refractivity contribution in [1.29, 1.82) is 0 Å². The Morgan fingerprint density at radius 1 is 1.59 bits per heavy atom. The number of hydrogen-bond donors (Lipinski definition) is 1. The molecule has 0 amide bonds. The number of nitrogens with two attached hydrogens (primary N) is 1. The predicted octanol–water partition coefficient (Wildman–Crippen LogP) is 1.17. The number of ether oxygens (including phenoxy) is 1. The summed E-state index contributed by atoms with van der Waals surface area (Å²) >= 11 is 6.06. The summed E-state index contributed by atoms with van der Waals surface area (Å²) in [6.07, 6.45) is 0.188. The van der Waals surface area contributed by atoms with Crippen molar-refractivity contribution in [1.82, 2.24) is 4.90 Å². The largest absolute Gasteiger partial charge is 0.486 e. The Kier molecular flexibility index (Phi) is 3.66. The molecule has 0 spiro atoms. The van der Waals surface area contributed by atoms with E-state index in [9.17, 15) is 4.79 Å². The monoisotopic (exact) mass is 254 g/mol. The van der Waals surface area contributed by atoms with Crippen LogP contribution in [0.1, 0.15) is 10.4 Å². The zero-order valence-corrected chi connectivity index (χ0v) is 10.4. The van der Waals surface area contributed by atoms with Crippen molar-refractivity contribution in [2.24, 2.45) is 5.73 Å². The molecule has 92 valence electrons. The lowest BCUT2D eigenvalue weighted by Crippen LogP contribution is -2.51. The molecular formula is C12H15ClN2O2. The first kappa shape index (κ1) is 12.4. The van der Waals surface area contributed by atoms with Crippen molar-refractivity contribution in [3.63, 3.8) is 0 Å². The lowest BCUT2D eigenvalue weighted by molar-refractivity contribution is 0.0389. The van der Waals surface area contributed by atoms with Crippen LogP contribution in [0.3, 0.4) is 0 Å². The van der Waals surface area contributed by atoms with Crippen LogP contribution in [0.4, 0.5) is 0 Å². The number of carbonyl (C=O) groups is 1. The van der Waals surface area contributed by atoms with Crippen molar-refractivity contribution >= 4 is 17.4 Å². The minimum absolute atomic E-state index is 0.00997. The number of likely N-dealkylation sites (tertiary alicyclic amines) is 1. The van der Waals surface area contributed by atoms with E-state index in [2.05, 4.69) is 4.90 Å². The summed E-state index contributed by atoms with van der Waals surface area (Å²) < 4.78 is 5.70. The summed E-state index contributed by atoms with van der Waals surface area (Å²) in [7, 11) is 2.03. The molecule has 4 nitrogen and oxygen atoms in total. The van der Waals surface area contributed by atoms with Gasteiger partial charge in [-0.05, 0) is 25.2 Å². The zero-order chi connectivity index (χ0) is 12.4. The Morgan fingerprint density at radius 3 is 2.82 bits per heavy atom. The Hall–Kier alpha value is -1.10. The normalized spacial score (nSPS) is 16.6. The molecule has 17 heavy (non-hydrogen) atoms. The van der Waals surface area contributed by atoms with E-state index in [1.54, 1.807) is 18.2 Å². The van der Waals surface area contributed by atoms with E-state index in [-0.39, 0.29) is 18.4 Å². The van der Waals surface area contributed by atoms with Crippen molar-refractivity contribution in [2.45, 2.75) is 6.10 Å². The fraction of sp³-hybridized carbons (Fsp3) is 0.417. The molecule has 1 aromatic rings. The van der Waals surface area contributed by atoms with Crippen LogP contribution >= 0.6 is 11.6 Å². The second kappa shape index (κ2) is 5.04. The molecule has 0 bridgehead atoms. The van der Waals surface area contributed by atoms with Crippen LogP contribution in [0.5, 0.6) is 5.75 Å². The topological polar surface area (TPSA) is 55.6 Å². The van der Waals surface area contributed by atoms with Gasteiger partial charge in [-0.25, -0.2) is 0 Å². The van der Waals surface area contributed by atoms with Gasteiger partial charge < -0.3 is 10.5 Å². The molecular weight excluding hydrogens is 240 g/mol. The molecule has 1 heterocycles. The number of halogens is 1. The summed E-state index contributed by atoms with van der Waals surface area (Å²) in [6, 6.07) is 5.02.